The molecule has 0 saturated heterocycles. The summed E-state index contributed by atoms with van der Waals surface area (Å²) in [6, 6.07) is 6.22. The summed E-state index contributed by atoms with van der Waals surface area (Å²) < 4.78 is 0. The fourth-order valence-corrected chi connectivity index (χ4v) is 2.00. The van der Waals surface area contributed by atoms with Gasteiger partial charge in [0.2, 0.25) is 5.95 Å². The average Bonchev–Trinajstić information content (AvgIpc) is 2.91. The standard InChI is InChI=1S/C14H16N6/c1-8-4-5-10(6-9(8)2)17-12-11-7-16-20-13(11)19-14(15-3)18-12/h4-7H,1-3H3,(H3,15,16,17,18,19,20). The number of hydrogen-bond acceptors (Lipinski definition) is 5. The van der Waals surface area contributed by atoms with Crippen LogP contribution in [0.15, 0.2) is 24.4 Å². The summed E-state index contributed by atoms with van der Waals surface area (Å²) in [6.45, 7) is 4.18. The molecule has 102 valence electrons. The highest BCUT2D eigenvalue weighted by molar-refractivity contribution is 5.89. The molecule has 0 radical (unpaired) electrons. The first-order valence-electron chi connectivity index (χ1n) is 6.40. The summed E-state index contributed by atoms with van der Waals surface area (Å²) in [6.07, 6.45) is 1.72. The van der Waals surface area contributed by atoms with Crippen molar-refractivity contribution in [3.05, 3.63) is 35.5 Å². The van der Waals surface area contributed by atoms with Crippen LogP contribution in [0.3, 0.4) is 0 Å². The van der Waals surface area contributed by atoms with Crippen molar-refractivity contribution in [2.24, 2.45) is 0 Å². The van der Waals surface area contributed by atoms with Gasteiger partial charge in [-0.3, -0.25) is 5.10 Å². The molecule has 1 aromatic carbocycles. The minimum absolute atomic E-state index is 0.549. The smallest absolute Gasteiger partial charge is 0.226 e. The third kappa shape index (κ3) is 2.16. The first kappa shape index (κ1) is 12.4. The second kappa shape index (κ2) is 4.80. The van der Waals surface area contributed by atoms with Crippen molar-refractivity contribution in [1.29, 1.82) is 0 Å². The number of fused-ring (bicyclic) bond motifs is 1. The van der Waals surface area contributed by atoms with E-state index in [0.717, 1.165) is 16.9 Å². The van der Waals surface area contributed by atoms with Crippen LogP contribution < -0.4 is 10.6 Å². The van der Waals surface area contributed by atoms with Crippen molar-refractivity contribution in [2.75, 3.05) is 17.7 Å². The van der Waals surface area contributed by atoms with Crippen molar-refractivity contribution in [3.8, 4) is 0 Å². The maximum absolute atomic E-state index is 4.45. The molecular weight excluding hydrogens is 252 g/mol. The lowest BCUT2D eigenvalue weighted by Gasteiger charge is -2.10. The van der Waals surface area contributed by atoms with Crippen LogP contribution >= 0.6 is 0 Å². The van der Waals surface area contributed by atoms with Crippen molar-refractivity contribution < 1.29 is 0 Å². The number of aryl methyl sites for hydroxylation is 2. The monoisotopic (exact) mass is 268 g/mol. The summed E-state index contributed by atoms with van der Waals surface area (Å²) >= 11 is 0. The fraction of sp³-hybridized carbons (Fsp3) is 0.214. The van der Waals surface area contributed by atoms with Crippen LogP contribution in [0.4, 0.5) is 17.5 Å². The molecule has 0 bridgehead atoms. The Kier molecular flexibility index (Phi) is 2.98. The molecule has 2 aromatic heterocycles. The Morgan fingerprint density at radius 1 is 1.10 bits per heavy atom. The molecule has 0 aliphatic carbocycles. The van der Waals surface area contributed by atoms with Crippen LogP contribution in [0, 0.1) is 13.8 Å². The zero-order chi connectivity index (χ0) is 14.1. The van der Waals surface area contributed by atoms with E-state index in [1.165, 1.54) is 11.1 Å². The van der Waals surface area contributed by atoms with E-state index >= 15 is 0 Å². The molecule has 0 fully saturated rings. The normalized spacial score (nSPS) is 10.8. The van der Waals surface area contributed by atoms with Gasteiger partial charge in [-0.25, -0.2) is 0 Å². The number of nitrogens with one attached hydrogen (secondary N) is 3. The number of nitrogens with zero attached hydrogens (tertiary/aromatic N) is 3. The van der Waals surface area contributed by atoms with Gasteiger partial charge in [-0.05, 0) is 37.1 Å². The van der Waals surface area contributed by atoms with Gasteiger partial charge in [0.25, 0.3) is 0 Å². The minimum Gasteiger partial charge on any atom is -0.357 e. The van der Waals surface area contributed by atoms with Gasteiger partial charge in [0.1, 0.15) is 5.82 Å². The maximum Gasteiger partial charge on any atom is 0.226 e. The van der Waals surface area contributed by atoms with Crippen LogP contribution in [-0.2, 0) is 0 Å². The molecule has 0 spiro atoms. The van der Waals surface area contributed by atoms with E-state index in [1.54, 1.807) is 13.2 Å². The summed E-state index contributed by atoms with van der Waals surface area (Å²) in [5.41, 5.74) is 4.20. The molecule has 0 saturated carbocycles. The van der Waals surface area contributed by atoms with E-state index in [2.05, 4.69) is 56.8 Å². The van der Waals surface area contributed by atoms with Crippen molar-refractivity contribution in [3.63, 3.8) is 0 Å². The summed E-state index contributed by atoms with van der Waals surface area (Å²) in [5.74, 6) is 1.28. The lowest BCUT2D eigenvalue weighted by atomic mass is 10.1. The molecule has 2 heterocycles. The third-order valence-corrected chi connectivity index (χ3v) is 3.30. The second-order valence-electron chi connectivity index (χ2n) is 4.70. The predicted molar refractivity (Wildman–Crippen MR) is 80.4 cm³/mol. The number of anilines is 3. The topological polar surface area (TPSA) is 78.5 Å². The van der Waals surface area contributed by atoms with Crippen molar-refractivity contribution in [2.45, 2.75) is 13.8 Å². The van der Waals surface area contributed by atoms with E-state index in [0.29, 0.717) is 11.6 Å². The second-order valence-corrected chi connectivity index (χ2v) is 4.70. The number of aromatic nitrogens is 4. The zero-order valence-corrected chi connectivity index (χ0v) is 11.7. The van der Waals surface area contributed by atoms with Crippen LogP contribution in [0.2, 0.25) is 0 Å². The predicted octanol–water partition coefficient (Wildman–Crippen LogP) is 2.76. The van der Waals surface area contributed by atoms with Gasteiger partial charge in [0.15, 0.2) is 5.65 Å². The van der Waals surface area contributed by atoms with Crippen LogP contribution in [0.25, 0.3) is 11.0 Å². The molecule has 3 N–H and O–H groups in total. The molecule has 0 atom stereocenters. The molecule has 0 aliphatic heterocycles. The summed E-state index contributed by atoms with van der Waals surface area (Å²) in [4.78, 5) is 8.75. The van der Waals surface area contributed by atoms with Gasteiger partial charge < -0.3 is 10.6 Å². The van der Waals surface area contributed by atoms with Gasteiger partial charge >= 0.3 is 0 Å². The maximum atomic E-state index is 4.45. The molecular formula is C14H16N6. The van der Waals surface area contributed by atoms with Crippen LogP contribution in [0.1, 0.15) is 11.1 Å². The van der Waals surface area contributed by atoms with E-state index in [9.17, 15) is 0 Å². The molecule has 0 unspecified atom stereocenters. The van der Waals surface area contributed by atoms with Gasteiger partial charge in [0.05, 0.1) is 11.6 Å². The lowest BCUT2D eigenvalue weighted by Crippen LogP contribution is -2.01. The van der Waals surface area contributed by atoms with Crippen LogP contribution in [-0.4, -0.2) is 27.2 Å². The average molecular weight is 268 g/mol. The molecule has 3 aromatic rings. The van der Waals surface area contributed by atoms with Gasteiger partial charge in [0, 0.05) is 12.7 Å². The first-order chi connectivity index (χ1) is 9.67. The molecule has 3 rings (SSSR count). The Labute approximate surface area is 116 Å². The third-order valence-electron chi connectivity index (χ3n) is 3.30. The Hall–Kier alpha value is -2.63. The summed E-state index contributed by atoms with van der Waals surface area (Å²) in [5, 5.41) is 14.0. The first-order valence-corrected chi connectivity index (χ1v) is 6.40. The largest absolute Gasteiger partial charge is 0.357 e. The molecule has 6 heteroatoms. The van der Waals surface area contributed by atoms with E-state index < -0.39 is 0 Å². The van der Waals surface area contributed by atoms with E-state index in [4.69, 9.17) is 0 Å². The van der Waals surface area contributed by atoms with Crippen molar-refractivity contribution >= 4 is 28.5 Å². The highest BCUT2D eigenvalue weighted by atomic mass is 15.2. The number of hydrogen-bond donors (Lipinski definition) is 3. The Morgan fingerprint density at radius 3 is 2.70 bits per heavy atom. The number of aromatic amines is 1. The molecule has 20 heavy (non-hydrogen) atoms. The number of rotatable bonds is 3. The van der Waals surface area contributed by atoms with Crippen LogP contribution in [0.5, 0.6) is 0 Å². The Bertz CT molecular complexity index is 761. The van der Waals surface area contributed by atoms with Gasteiger partial charge in [-0.15, -0.1) is 0 Å². The highest BCUT2D eigenvalue weighted by Crippen LogP contribution is 2.24. The number of H-pyrrole nitrogens is 1. The van der Waals surface area contributed by atoms with Gasteiger partial charge in [-0.1, -0.05) is 6.07 Å². The Balaban J connectivity index is 2.04. The fourth-order valence-electron chi connectivity index (χ4n) is 2.00. The highest BCUT2D eigenvalue weighted by Gasteiger charge is 2.09. The molecule has 0 aliphatic rings. The number of benzene rings is 1. The van der Waals surface area contributed by atoms with E-state index in [1.807, 2.05) is 6.07 Å². The van der Waals surface area contributed by atoms with E-state index in [-0.39, 0.29) is 0 Å². The molecule has 0 amide bonds. The zero-order valence-electron chi connectivity index (χ0n) is 11.7. The Morgan fingerprint density at radius 2 is 1.95 bits per heavy atom. The SMILES string of the molecule is CNc1nc(Nc2ccc(C)c(C)c2)c2cn[nH]c2n1. The van der Waals surface area contributed by atoms with Crippen molar-refractivity contribution in [1.82, 2.24) is 20.2 Å². The molecule has 6 nitrogen and oxygen atoms in total. The van der Waals surface area contributed by atoms with Gasteiger partial charge in [-0.2, -0.15) is 15.1 Å². The lowest BCUT2D eigenvalue weighted by molar-refractivity contribution is 1.09. The minimum atomic E-state index is 0.549. The quantitative estimate of drug-likeness (QED) is 0.680. The summed E-state index contributed by atoms with van der Waals surface area (Å²) in [7, 11) is 1.79.